The molecule has 98 valence electrons. The third-order valence-electron chi connectivity index (χ3n) is 2.81. The molecule has 1 N–H and O–H groups in total. The fourth-order valence-corrected chi connectivity index (χ4v) is 1.94. The molecule has 2 rings (SSSR count). The number of nitrogens with one attached hydrogen (secondary N) is 1. The Kier molecular flexibility index (Phi) is 4.17. The van der Waals surface area contributed by atoms with Crippen molar-refractivity contribution in [1.82, 2.24) is 4.98 Å². The summed E-state index contributed by atoms with van der Waals surface area (Å²) in [6.45, 7) is 3.83. The van der Waals surface area contributed by atoms with E-state index in [4.69, 9.17) is 11.6 Å². The monoisotopic (exact) mass is 274 g/mol. The van der Waals surface area contributed by atoms with E-state index in [2.05, 4.69) is 10.3 Å². The Morgan fingerprint density at radius 3 is 2.47 bits per heavy atom. The number of pyridine rings is 1. The number of nitrogens with zero attached hydrogens (tertiary/aromatic N) is 1. The molecule has 0 aliphatic heterocycles. The molecule has 19 heavy (non-hydrogen) atoms. The zero-order valence-electron chi connectivity index (χ0n) is 10.9. The molecule has 2 aromatic rings. The third kappa shape index (κ3) is 3.80. The van der Waals surface area contributed by atoms with Crippen LogP contribution in [0.2, 0.25) is 5.15 Å². The third-order valence-corrected chi connectivity index (χ3v) is 3.02. The first kappa shape index (κ1) is 13.6. The fraction of sp³-hybridized carbons (Fsp3) is 0.200. The largest absolute Gasteiger partial charge is 0.324 e. The van der Waals surface area contributed by atoms with Crippen molar-refractivity contribution in [3.63, 3.8) is 0 Å². The minimum absolute atomic E-state index is 0.0592. The molecule has 0 saturated carbocycles. The van der Waals surface area contributed by atoms with Crippen molar-refractivity contribution in [2.45, 2.75) is 20.3 Å². The minimum atomic E-state index is -0.0592. The summed E-state index contributed by atoms with van der Waals surface area (Å²) in [4.78, 5) is 16.0. The molecule has 4 heteroatoms. The Morgan fingerprint density at radius 2 is 1.84 bits per heavy atom. The topological polar surface area (TPSA) is 42.0 Å². The number of carbonyl (C=O) groups excluding carboxylic acids is 1. The van der Waals surface area contributed by atoms with Gasteiger partial charge in [-0.1, -0.05) is 41.4 Å². The van der Waals surface area contributed by atoms with E-state index < -0.39 is 0 Å². The number of amides is 1. The Bertz CT molecular complexity index is 594. The van der Waals surface area contributed by atoms with Gasteiger partial charge in [0.25, 0.3) is 0 Å². The van der Waals surface area contributed by atoms with Crippen LogP contribution in [0.25, 0.3) is 0 Å². The van der Waals surface area contributed by atoms with E-state index in [1.54, 1.807) is 12.1 Å². The molecule has 0 atom stereocenters. The lowest BCUT2D eigenvalue weighted by Gasteiger charge is -2.08. The van der Waals surface area contributed by atoms with Crippen LogP contribution in [0.15, 0.2) is 36.4 Å². The molecule has 0 spiro atoms. The van der Waals surface area contributed by atoms with Crippen LogP contribution in [0.1, 0.15) is 16.8 Å². The van der Waals surface area contributed by atoms with Crippen LogP contribution in [0, 0.1) is 13.8 Å². The summed E-state index contributed by atoms with van der Waals surface area (Å²) in [7, 11) is 0. The van der Waals surface area contributed by atoms with Gasteiger partial charge >= 0.3 is 0 Å². The van der Waals surface area contributed by atoms with Crippen molar-refractivity contribution in [2.75, 3.05) is 5.32 Å². The maximum atomic E-state index is 11.9. The SMILES string of the molecule is Cc1ccc(CC(=O)Nc2ccc(Cl)nc2C)cc1. The molecule has 0 saturated heterocycles. The number of aromatic nitrogens is 1. The highest BCUT2D eigenvalue weighted by Gasteiger charge is 2.07. The van der Waals surface area contributed by atoms with Crippen molar-refractivity contribution < 1.29 is 4.79 Å². The maximum Gasteiger partial charge on any atom is 0.228 e. The van der Waals surface area contributed by atoms with Gasteiger partial charge in [0.15, 0.2) is 0 Å². The molecular formula is C15H15ClN2O. The molecule has 0 radical (unpaired) electrons. The van der Waals surface area contributed by atoms with E-state index in [1.807, 2.05) is 38.1 Å². The Morgan fingerprint density at radius 1 is 1.16 bits per heavy atom. The van der Waals surface area contributed by atoms with Gasteiger partial charge in [0.05, 0.1) is 17.8 Å². The van der Waals surface area contributed by atoms with Crippen LogP contribution < -0.4 is 5.32 Å². The molecule has 3 nitrogen and oxygen atoms in total. The first-order chi connectivity index (χ1) is 9.04. The number of carbonyl (C=O) groups is 1. The number of hydrogen-bond donors (Lipinski definition) is 1. The highest BCUT2D eigenvalue weighted by atomic mass is 35.5. The zero-order chi connectivity index (χ0) is 13.8. The number of anilines is 1. The molecule has 0 unspecified atom stereocenters. The molecule has 1 amide bonds. The molecule has 1 aromatic carbocycles. The predicted molar refractivity (Wildman–Crippen MR) is 77.5 cm³/mol. The average Bonchev–Trinajstić information content (AvgIpc) is 2.36. The number of hydrogen-bond acceptors (Lipinski definition) is 2. The highest BCUT2D eigenvalue weighted by Crippen LogP contribution is 2.16. The summed E-state index contributed by atoms with van der Waals surface area (Å²) in [6.07, 6.45) is 0.350. The van der Waals surface area contributed by atoms with Gasteiger partial charge < -0.3 is 5.32 Å². The summed E-state index contributed by atoms with van der Waals surface area (Å²) < 4.78 is 0. The van der Waals surface area contributed by atoms with Gasteiger partial charge in [-0.2, -0.15) is 0 Å². The second-order valence-corrected chi connectivity index (χ2v) is 4.86. The van der Waals surface area contributed by atoms with Crippen molar-refractivity contribution in [3.8, 4) is 0 Å². The van der Waals surface area contributed by atoms with Crippen molar-refractivity contribution >= 4 is 23.2 Å². The van der Waals surface area contributed by atoms with E-state index in [1.165, 1.54) is 5.56 Å². The van der Waals surface area contributed by atoms with Crippen molar-refractivity contribution in [2.24, 2.45) is 0 Å². The number of aryl methyl sites for hydroxylation is 2. The van der Waals surface area contributed by atoms with E-state index in [0.717, 1.165) is 5.56 Å². The van der Waals surface area contributed by atoms with Gasteiger partial charge in [0.1, 0.15) is 5.15 Å². The summed E-state index contributed by atoms with van der Waals surface area (Å²) >= 11 is 5.77. The van der Waals surface area contributed by atoms with Crippen LogP contribution in [0.5, 0.6) is 0 Å². The second-order valence-electron chi connectivity index (χ2n) is 4.48. The Labute approximate surface area is 117 Å². The molecule has 0 fully saturated rings. The molecular weight excluding hydrogens is 260 g/mol. The van der Waals surface area contributed by atoms with E-state index in [-0.39, 0.29) is 5.91 Å². The second kappa shape index (κ2) is 5.85. The zero-order valence-corrected chi connectivity index (χ0v) is 11.7. The Balaban J connectivity index is 2.03. The average molecular weight is 275 g/mol. The van der Waals surface area contributed by atoms with E-state index in [0.29, 0.717) is 23.0 Å². The Hall–Kier alpha value is -1.87. The van der Waals surface area contributed by atoms with Gasteiger partial charge in [-0.25, -0.2) is 4.98 Å². The molecule has 1 heterocycles. The van der Waals surface area contributed by atoms with Crippen LogP contribution >= 0.6 is 11.6 Å². The first-order valence-electron chi connectivity index (χ1n) is 6.03. The minimum Gasteiger partial charge on any atom is -0.324 e. The van der Waals surface area contributed by atoms with Gasteiger partial charge in [0, 0.05) is 0 Å². The van der Waals surface area contributed by atoms with Crippen LogP contribution in [0.3, 0.4) is 0 Å². The van der Waals surface area contributed by atoms with Gasteiger partial charge in [-0.05, 0) is 31.5 Å². The van der Waals surface area contributed by atoms with E-state index in [9.17, 15) is 4.79 Å². The molecule has 0 aliphatic rings. The van der Waals surface area contributed by atoms with Crippen LogP contribution in [-0.4, -0.2) is 10.9 Å². The van der Waals surface area contributed by atoms with Crippen molar-refractivity contribution in [3.05, 3.63) is 58.4 Å². The maximum absolute atomic E-state index is 11.9. The smallest absolute Gasteiger partial charge is 0.228 e. The lowest BCUT2D eigenvalue weighted by Crippen LogP contribution is -2.15. The number of halogens is 1. The van der Waals surface area contributed by atoms with Crippen molar-refractivity contribution in [1.29, 1.82) is 0 Å². The molecule has 0 bridgehead atoms. The first-order valence-corrected chi connectivity index (χ1v) is 6.41. The normalized spacial score (nSPS) is 10.3. The summed E-state index contributed by atoms with van der Waals surface area (Å²) in [5.74, 6) is -0.0592. The standard InChI is InChI=1S/C15H15ClN2O/c1-10-3-5-12(6-4-10)9-15(19)18-13-7-8-14(16)17-11(13)2/h3-8H,9H2,1-2H3,(H,18,19). The summed E-state index contributed by atoms with van der Waals surface area (Å²) in [5.41, 5.74) is 3.58. The van der Waals surface area contributed by atoms with Crippen LogP contribution in [-0.2, 0) is 11.2 Å². The predicted octanol–water partition coefficient (Wildman–Crippen LogP) is 3.53. The van der Waals surface area contributed by atoms with E-state index >= 15 is 0 Å². The molecule has 1 aromatic heterocycles. The van der Waals surface area contributed by atoms with Gasteiger partial charge in [-0.3, -0.25) is 4.79 Å². The van der Waals surface area contributed by atoms with Gasteiger partial charge in [0.2, 0.25) is 5.91 Å². The highest BCUT2D eigenvalue weighted by molar-refractivity contribution is 6.29. The lowest BCUT2D eigenvalue weighted by atomic mass is 10.1. The van der Waals surface area contributed by atoms with Gasteiger partial charge in [-0.15, -0.1) is 0 Å². The summed E-state index contributed by atoms with van der Waals surface area (Å²) in [6, 6.07) is 11.3. The number of benzene rings is 1. The molecule has 0 aliphatic carbocycles. The summed E-state index contributed by atoms with van der Waals surface area (Å²) in [5, 5.41) is 3.27. The number of rotatable bonds is 3. The quantitative estimate of drug-likeness (QED) is 0.870. The lowest BCUT2D eigenvalue weighted by molar-refractivity contribution is -0.115. The fourth-order valence-electron chi connectivity index (χ4n) is 1.75. The van der Waals surface area contributed by atoms with Crippen LogP contribution in [0.4, 0.5) is 5.69 Å².